The van der Waals surface area contributed by atoms with Crippen molar-refractivity contribution < 1.29 is 14.6 Å². The van der Waals surface area contributed by atoms with Crippen LogP contribution < -0.4 is 9.64 Å². The highest BCUT2D eigenvalue weighted by Crippen LogP contribution is 2.37. The van der Waals surface area contributed by atoms with Gasteiger partial charge in [0, 0.05) is 12.1 Å². The molecule has 0 bridgehead atoms. The van der Waals surface area contributed by atoms with Crippen LogP contribution in [0.3, 0.4) is 0 Å². The molecule has 0 aromatic heterocycles. The van der Waals surface area contributed by atoms with E-state index >= 15 is 0 Å². The third-order valence-corrected chi connectivity index (χ3v) is 3.76. The van der Waals surface area contributed by atoms with Gasteiger partial charge in [-0.1, -0.05) is 6.08 Å². The minimum absolute atomic E-state index is 0.0498. The van der Waals surface area contributed by atoms with Gasteiger partial charge in [0.15, 0.2) is 0 Å². The molecule has 1 amide bonds. The molecule has 1 aromatic rings. The highest BCUT2D eigenvalue weighted by atomic mass is 16.5. The number of carbonyl (C=O) groups is 1. The van der Waals surface area contributed by atoms with Crippen molar-refractivity contribution in [2.45, 2.75) is 25.0 Å². The molecular formula is C17H19NO3. The maximum absolute atomic E-state index is 12.3. The summed E-state index contributed by atoms with van der Waals surface area (Å²) in [6, 6.07) is 6.87. The zero-order chi connectivity index (χ0) is 15.4. The first-order valence-electron chi connectivity index (χ1n) is 6.83. The van der Waals surface area contributed by atoms with E-state index in [4.69, 9.17) is 11.2 Å². The molecule has 4 heteroatoms. The Hall–Kier alpha value is -2.25. The molecule has 1 N–H and O–H groups in total. The number of methoxy groups -OCH3 is 1. The number of anilines is 1. The van der Waals surface area contributed by atoms with Crippen LogP contribution in [0, 0.1) is 18.3 Å². The molecule has 1 aliphatic heterocycles. The topological polar surface area (TPSA) is 49.8 Å². The van der Waals surface area contributed by atoms with E-state index in [9.17, 15) is 9.90 Å². The SMILES string of the molecule is C#CC[C@@H]1C(=O)N(c2ccc(OC)cc2)[C@@H]1[C@@H](O)CC=C. The largest absolute Gasteiger partial charge is 0.497 e. The molecule has 0 unspecified atom stereocenters. The summed E-state index contributed by atoms with van der Waals surface area (Å²) in [7, 11) is 1.59. The summed E-state index contributed by atoms with van der Waals surface area (Å²) < 4.78 is 5.11. The molecule has 0 aliphatic carbocycles. The number of carbonyl (C=O) groups excluding carboxylic acids is 1. The molecule has 0 radical (unpaired) electrons. The van der Waals surface area contributed by atoms with Crippen molar-refractivity contribution >= 4 is 11.6 Å². The van der Waals surface area contributed by atoms with Crippen LogP contribution >= 0.6 is 0 Å². The second kappa shape index (κ2) is 6.47. The summed E-state index contributed by atoms with van der Waals surface area (Å²) >= 11 is 0. The normalized spacial score (nSPS) is 22.1. The van der Waals surface area contributed by atoms with Crippen LogP contribution in [-0.2, 0) is 4.79 Å². The fraction of sp³-hybridized carbons (Fsp3) is 0.353. The molecule has 2 rings (SSSR count). The van der Waals surface area contributed by atoms with E-state index in [1.165, 1.54) is 0 Å². The number of nitrogens with zero attached hydrogens (tertiary/aromatic N) is 1. The maximum Gasteiger partial charge on any atom is 0.233 e. The molecule has 3 atom stereocenters. The lowest BCUT2D eigenvalue weighted by atomic mass is 9.80. The summed E-state index contributed by atoms with van der Waals surface area (Å²) in [6.45, 7) is 3.63. The van der Waals surface area contributed by atoms with Gasteiger partial charge in [0.25, 0.3) is 0 Å². The third-order valence-electron chi connectivity index (χ3n) is 3.76. The van der Waals surface area contributed by atoms with E-state index in [1.807, 2.05) is 0 Å². The molecule has 1 fully saturated rings. The summed E-state index contributed by atoms with van der Waals surface area (Å²) in [5.74, 6) is 2.85. The monoisotopic (exact) mass is 285 g/mol. The zero-order valence-corrected chi connectivity index (χ0v) is 12.0. The van der Waals surface area contributed by atoms with Crippen LogP contribution in [0.25, 0.3) is 0 Å². The zero-order valence-electron chi connectivity index (χ0n) is 12.0. The molecular weight excluding hydrogens is 266 g/mol. The highest BCUT2D eigenvalue weighted by Gasteiger charge is 2.50. The van der Waals surface area contributed by atoms with Crippen molar-refractivity contribution in [2.75, 3.05) is 12.0 Å². The predicted molar refractivity (Wildman–Crippen MR) is 82.0 cm³/mol. The highest BCUT2D eigenvalue weighted by molar-refractivity contribution is 6.03. The summed E-state index contributed by atoms with van der Waals surface area (Å²) in [4.78, 5) is 13.9. The van der Waals surface area contributed by atoms with Crippen LogP contribution in [0.2, 0.25) is 0 Å². The van der Waals surface area contributed by atoms with Gasteiger partial charge in [0.05, 0.1) is 25.2 Å². The van der Waals surface area contributed by atoms with Crippen LogP contribution in [-0.4, -0.2) is 30.3 Å². The molecule has 1 heterocycles. The average molecular weight is 285 g/mol. The van der Waals surface area contributed by atoms with Crippen LogP contribution in [0.4, 0.5) is 5.69 Å². The number of aliphatic hydroxyl groups excluding tert-OH is 1. The van der Waals surface area contributed by atoms with Gasteiger partial charge in [0.2, 0.25) is 5.91 Å². The van der Waals surface area contributed by atoms with Crippen molar-refractivity contribution in [3.8, 4) is 18.1 Å². The van der Waals surface area contributed by atoms with Crippen molar-refractivity contribution in [1.29, 1.82) is 0 Å². The van der Waals surface area contributed by atoms with E-state index in [0.717, 1.165) is 11.4 Å². The Labute approximate surface area is 125 Å². The van der Waals surface area contributed by atoms with Gasteiger partial charge in [-0.3, -0.25) is 4.79 Å². The van der Waals surface area contributed by atoms with Crippen LogP contribution in [0.15, 0.2) is 36.9 Å². The summed E-state index contributed by atoms with van der Waals surface area (Å²) in [6.07, 6.45) is 7.06. The molecule has 1 saturated heterocycles. The Kier molecular flexibility index (Phi) is 4.66. The Morgan fingerprint density at radius 3 is 2.71 bits per heavy atom. The van der Waals surface area contributed by atoms with E-state index in [1.54, 1.807) is 42.4 Å². The van der Waals surface area contributed by atoms with Gasteiger partial charge in [0.1, 0.15) is 5.75 Å². The first-order valence-corrected chi connectivity index (χ1v) is 6.83. The van der Waals surface area contributed by atoms with Crippen molar-refractivity contribution in [3.05, 3.63) is 36.9 Å². The number of aliphatic hydroxyl groups is 1. The first kappa shape index (κ1) is 15.1. The molecule has 1 aliphatic rings. The minimum atomic E-state index is -0.666. The number of hydrogen-bond donors (Lipinski definition) is 1. The molecule has 0 saturated carbocycles. The van der Waals surface area contributed by atoms with Crippen LogP contribution in [0.1, 0.15) is 12.8 Å². The second-order valence-electron chi connectivity index (χ2n) is 5.00. The minimum Gasteiger partial charge on any atom is -0.497 e. The van der Waals surface area contributed by atoms with Crippen molar-refractivity contribution in [3.63, 3.8) is 0 Å². The second-order valence-corrected chi connectivity index (χ2v) is 5.00. The number of terminal acetylenes is 1. The molecule has 4 nitrogen and oxygen atoms in total. The van der Waals surface area contributed by atoms with Gasteiger partial charge >= 0.3 is 0 Å². The third kappa shape index (κ3) is 2.79. The Morgan fingerprint density at radius 1 is 1.52 bits per heavy atom. The van der Waals surface area contributed by atoms with Gasteiger partial charge in [-0.15, -0.1) is 18.9 Å². The van der Waals surface area contributed by atoms with Crippen molar-refractivity contribution in [1.82, 2.24) is 0 Å². The average Bonchev–Trinajstić information content (AvgIpc) is 2.50. The van der Waals surface area contributed by atoms with Crippen molar-refractivity contribution in [2.24, 2.45) is 5.92 Å². The van der Waals surface area contributed by atoms with Gasteiger partial charge in [-0.25, -0.2) is 0 Å². The van der Waals surface area contributed by atoms with E-state index in [0.29, 0.717) is 12.8 Å². The maximum atomic E-state index is 12.3. The number of hydrogen-bond acceptors (Lipinski definition) is 3. The fourth-order valence-corrected chi connectivity index (χ4v) is 2.70. The first-order chi connectivity index (χ1) is 10.1. The van der Waals surface area contributed by atoms with Gasteiger partial charge in [-0.05, 0) is 30.7 Å². The summed E-state index contributed by atoms with van der Waals surface area (Å²) in [5.41, 5.74) is 0.738. The Morgan fingerprint density at radius 2 is 2.19 bits per heavy atom. The van der Waals surface area contributed by atoms with E-state index < -0.39 is 6.10 Å². The smallest absolute Gasteiger partial charge is 0.233 e. The number of rotatable bonds is 6. The molecule has 1 aromatic carbocycles. The van der Waals surface area contributed by atoms with Gasteiger partial charge < -0.3 is 14.7 Å². The number of amides is 1. The molecule has 0 spiro atoms. The van der Waals surface area contributed by atoms with Crippen LogP contribution in [0.5, 0.6) is 5.75 Å². The lowest BCUT2D eigenvalue weighted by Crippen LogP contribution is -2.65. The predicted octanol–water partition coefficient (Wildman–Crippen LogP) is 1.99. The fourth-order valence-electron chi connectivity index (χ4n) is 2.70. The number of ether oxygens (including phenoxy) is 1. The van der Waals surface area contributed by atoms with E-state index in [2.05, 4.69) is 12.5 Å². The Balaban J connectivity index is 2.25. The Bertz CT molecular complexity index is 558. The lowest BCUT2D eigenvalue weighted by molar-refractivity contribution is -0.133. The molecule has 21 heavy (non-hydrogen) atoms. The van der Waals surface area contributed by atoms with Gasteiger partial charge in [-0.2, -0.15) is 0 Å². The lowest BCUT2D eigenvalue weighted by Gasteiger charge is -2.48. The standard InChI is InChI=1S/C17H19NO3/c1-4-6-14-16(15(19)7-5-2)18(17(14)20)12-8-10-13(21-3)11-9-12/h1,5,8-11,14-16,19H,2,6-7H2,3H3/t14-,15-,16-/m0/s1. The van der Waals surface area contributed by atoms with E-state index in [-0.39, 0.29) is 17.9 Å². The molecule has 110 valence electrons. The quantitative estimate of drug-likeness (QED) is 0.494. The summed E-state index contributed by atoms with van der Waals surface area (Å²) in [5, 5.41) is 10.3. The number of benzene rings is 1. The number of β-lactam (4-membered cyclic amide) rings is 1.